The minimum Gasteiger partial charge on any atom is -0.492 e. The van der Waals surface area contributed by atoms with Crippen molar-refractivity contribution in [3.63, 3.8) is 0 Å². The average Bonchev–Trinajstić information content (AvgIpc) is 3.32. The number of aromatic nitrogens is 3. The second-order valence-electron chi connectivity index (χ2n) is 8.99. The van der Waals surface area contributed by atoms with Crippen LogP contribution < -0.4 is 15.0 Å². The van der Waals surface area contributed by atoms with Crippen molar-refractivity contribution in [3.8, 4) is 11.4 Å². The molecule has 0 aliphatic carbocycles. The molecule has 210 valence electrons. The molecule has 2 amide bonds. The number of alkyl halides is 5. The number of ether oxygens (including phenoxy) is 1. The number of carbonyl (C=O) groups excluding carboxylic acids is 1. The SMILES string of the molecule is CCOc1cc(N2CCN(C(=O)NCc3cc(C(F)(F)F)cc(C(F)(F)P)c3)CC2)ccc1-n1cnc(C)n1. The Bertz CT molecular complexity index is 1290. The molecule has 3 aromatic rings. The van der Waals surface area contributed by atoms with Gasteiger partial charge in [0.15, 0.2) is 0 Å². The van der Waals surface area contributed by atoms with Crippen LogP contribution in [0.4, 0.5) is 32.4 Å². The van der Waals surface area contributed by atoms with Gasteiger partial charge in [0.25, 0.3) is 5.66 Å². The molecule has 39 heavy (non-hydrogen) atoms. The van der Waals surface area contributed by atoms with E-state index in [9.17, 15) is 26.7 Å². The van der Waals surface area contributed by atoms with Crippen LogP contribution in [0.3, 0.4) is 0 Å². The van der Waals surface area contributed by atoms with Crippen molar-refractivity contribution in [1.82, 2.24) is 25.0 Å². The second kappa shape index (κ2) is 11.3. The monoisotopic (exact) mass is 570 g/mol. The first-order chi connectivity index (χ1) is 18.3. The first-order valence-corrected chi connectivity index (χ1v) is 12.7. The van der Waals surface area contributed by atoms with Crippen molar-refractivity contribution in [1.29, 1.82) is 0 Å². The van der Waals surface area contributed by atoms with Crippen LogP contribution in [0.25, 0.3) is 5.69 Å². The van der Waals surface area contributed by atoms with Gasteiger partial charge in [-0.25, -0.2) is 14.5 Å². The maximum atomic E-state index is 13.7. The number of hydrogen-bond acceptors (Lipinski definition) is 5. The van der Waals surface area contributed by atoms with Gasteiger partial charge in [0.2, 0.25) is 0 Å². The zero-order valence-electron chi connectivity index (χ0n) is 21.3. The number of rotatable bonds is 7. The van der Waals surface area contributed by atoms with Crippen LogP contribution >= 0.6 is 9.24 Å². The molecule has 1 aromatic heterocycles. The van der Waals surface area contributed by atoms with Crippen LogP contribution in [-0.2, 0) is 18.4 Å². The maximum absolute atomic E-state index is 13.7. The van der Waals surface area contributed by atoms with Crippen molar-refractivity contribution >= 4 is 21.0 Å². The standard InChI is InChI=1S/C25H28F5N6O2P/c1-3-38-22-13-20(4-5-21(22)36-15-32-16(2)33-36)34-6-8-35(9-7-34)23(37)31-14-17-10-18(24(26,27)28)12-19(11-17)25(29,30)39/h4-5,10-13,15H,3,6-9,14,39H2,1-2H3,(H,31,37). The number of aryl methyl sites for hydroxylation is 1. The minimum absolute atomic E-state index is 0.0694. The summed E-state index contributed by atoms with van der Waals surface area (Å²) in [7, 11) is 1.23. The zero-order valence-corrected chi connectivity index (χ0v) is 22.5. The molecule has 4 rings (SSSR count). The lowest BCUT2D eigenvalue weighted by molar-refractivity contribution is -0.137. The number of amides is 2. The van der Waals surface area contributed by atoms with E-state index >= 15 is 0 Å². The molecule has 0 spiro atoms. The average molecular weight is 571 g/mol. The number of anilines is 1. The van der Waals surface area contributed by atoms with E-state index in [-0.39, 0.29) is 12.1 Å². The Balaban J connectivity index is 1.39. The van der Waals surface area contributed by atoms with Crippen molar-refractivity contribution < 1.29 is 31.5 Å². The molecule has 1 unspecified atom stereocenters. The molecule has 1 aliphatic rings. The number of piperazine rings is 1. The van der Waals surface area contributed by atoms with Crippen LogP contribution in [0.5, 0.6) is 5.75 Å². The summed E-state index contributed by atoms with van der Waals surface area (Å²) in [4.78, 5) is 20.5. The summed E-state index contributed by atoms with van der Waals surface area (Å²) in [5.41, 5.74) is -3.96. The van der Waals surface area contributed by atoms with Crippen LogP contribution in [-0.4, -0.2) is 58.5 Å². The topological polar surface area (TPSA) is 75.5 Å². The van der Waals surface area contributed by atoms with E-state index in [0.29, 0.717) is 50.4 Å². The lowest BCUT2D eigenvalue weighted by atomic mass is 10.1. The fraction of sp³-hybridized carbons (Fsp3) is 0.400. The van der Waals surface area contributed by atoms with Gasteiger partial charge >= 0.3 is 12.2 Å². The second-order valence-corrected chi connectivity index (χ2v) is 9.72. The van der Waals surface area contributed by atoms with Gasteiger partial charge in [0, 0.05) is 50.0 Å². The molecule has 1 N–H and O–H groups in total. The normalized spacial score (nSPS) is 14.5. The first-order valence-electron chi connectivity index (χ1n) is 12.2. The van der Waals surface area contributed by atoms with Crippen molar-refractivity contribution in [3.05, 3.63) is 65.2 Å². The summed E-state index contributed by atoms with van der Waals surface area (Å²) in [6.45, 7) is 5.54. The van der Waals surface area contributed by atoms with Crippen LogP contribution in [0.15, 0.2) is 42.7 Å². The Morgan fingerprint density at radius 2 is 1.74 bits per heavy atom. The third-order valence-electron chi connectivity index (χ3n) is 6.18. The van der Waals surface area contributed by atoms with Crippen molar-refractivity contribution in [2.75, 3.05) is 37.7 Å². The smallest absolute Gasteiger partial charge is 0.416 e. The fourth-order valence-electron chi connectivity index (χ4n) is 4.23. The van der Waals surface area contributed by atoms with E-state index in [1.165, 1.54) is 14.1 Å². The van der Waals surface area contributed by atoms with E-state index in [4.69, 9.17) is 4.74 Å². The number of nitrogens with zero attached hydrogens (tertiary/aromatic N) is 5. The molecule has 2 aromatic carbocycles. The number of halogens is 5. The Hall–Kier alpha value is -3.47. The van der Waals surface area contributed by atoms with Gasteiger partial charge in [0.05, 0.1) is 12.2 Å². The maximum Gasteiger partial charge on any atom is 0.416 e. The number of benzene rings is 2. The highest BCUT2D eigenvalue weighted by atomic mass is 31.0. The van der Waals surface area contributed by atoms with Crippen LogP contribution in [0, 0.1) is 6.92 Å². The number of hydrogen-bond donors (Lipinski definition) is 1. The number of nitrogens with one attached hydrogen (secondary N) is 1. The Morgan fingerprint density at radius 1 is 1.05 bits per heavy atom. The highest BCUT2D eigenvalue weighted by Gasteiger charge is 2.34. The Labute approximate surface area is 224 Å². The molecule has 1 atom stereocenters. The van der Waals surface area contributed by atoms with Gasteiger partial charge in [-0.2, -0.15) is 27.1 Å². The molecule has 0 saturated carbocycles. The fourth-order valence-corrected chi connectivity index (χ4v) is 4.40. The molecular weight excluding hydrogens is 542 g/mol. The lowest BCUT2D eigenvalue weighted by Gasteiger charge is -2.36. The predicted molar refractivity (Wildman–Crippen MR) is 138 cm³/mol. The van der Waals surface area contributed by atoms with Crippen molar-refractivity contribution in [2.45, 2.75) is 32.2 Å². The van der Waals surface area contributed by atoms with E-state index in [0.717, 1.165) is 23.5 Å². The Kier molecular flexibility index (Phi) is 8.29. The van der Waals surface area contributed by atoms with Gasteiger partial charge in [-0.3, -0.25) is 0 Å². The van der Waals surface area contributed by atoms with E-state index in [2.05, 4.69) is 20.3 Å². The molecule has 1 aliphatic heterocycles. The summed E-state index contributed by atoms with van der Waals surface area (Å²) in [5.74, 6) is 1.27. The van der Waals surface area contributed by atoms with Gasteiger partial charge in [-0.1, -0.05) is 9.24 Å². The summed E-state index contributed by atoms with van der Waals surface area (Å²) in [5, 5.41) is 6.88. The zero-order chi connectivity index (χ0) is 28.4. The molecule has 14 heteroatoms. The largest absolute Gasteiger partial charge is 0.492 e. The van der Waals surface area contributed by atoms with Crippen LogP contribution in [0.2, 0.25) is 0 Å². The molecular formula is C25H28F5N6O2P. The van der Waals surface area contributed by atoms with Gasteiger partial charge in [-0.05, 0) is 49.7 Å². The lowest BCUT2D eigenvalue weighted by Crippen LogP contribution is -2.51. The molecule has 0 bridgehead atoms. The summed E-state index contributed by atoms with van der Waals surface area (Å²) >= 11 is 0. The highest BCUT2D eigenvalue weighted by molar-refractivity contribution is 7.17. The molecule has 8 nitrogen and oxygen atoms in total. The van der Waals surface area contributed by atoms with E-state index < -0.39 is 29.0 Å². The molecule has 2 heterocycles. The number of urea groups is 1. The number of carbonyl (C=O) groups is 1. The quantitative estimate of drug-likeness (QED) is 0.322. The Morgan fingerprint density at radius 3 is 2.33 bits per heavy atom. The summed E-state index contributed by atoms with van der Waals surface area (Å²) in [6.07, 6.45) is -3.19. The van der Waals surface area contributed by atoms with Gasteiger partial charge < -0.3 is 19.9 Å². The predicted octanol–water partition coefficient (Wildman–Crippen LogP) is 4.95. The van der Waals surface area contributed by atoms with Gasteiger partial charge in [0.1, 0.15) is 23.6 Å². The molecule has 1 fully saturated rings. The first kappa shape index (κ1) is 28.5. The summed E-state index contributed by atoms with van der Waals surface area (Å²) < 4.78 is 74.5. The van der Waals surface area contributed by atoms with Gasteiger partial charge in [-0.15, -0.1) is 0 Å². The van der Waals surface area contributed by atoms with Crippen LogP contribution in [0.1, 0.15) is 29.4 Å². The van der Waals surface area contributed by atoms with E-state index in [1.54, 1.807) is 17.9 Å². The van der Waals surface area contributed by atoms with E-state index in [1.807, 2.05) is 25.1 Å². The molecule has 1 saturated heterocycles. The minimum atomic E-state index is -4.80. The third kappa shape index (κ3) is 6.95. The highest BCUT2D eigenvalue weighted by Crippen LogP contribution is 2.39. The summed E-state index contributed by atoms with van der Waals surface area (Å²) in [6, 6.07) is 7.36. The van der Waals surface area contributed by atoms with Crippen molar-refractivity contribution in [2.24, 2.45) is 0 Å². The molecule has 0 radical (unpaired) electrons. The third-order valence-corrected chi connectivity index (χ3v) is 6.51.